The summed E-state index contributed by atoms with van der Waals surface area (Å²) in [5.41, 5.74) is -0.338. The first kappa shape index (κ1) is 20.4. The van der Waals surface area contributed by atoms with Gasteiger partial charge in [-0.25, -0.2) is 0 Å². The molecule has 0 aromatic heterocycles. The van der Waals surface area contributed by atoms with Gasteiger partial charge in [-0.1, -0.05) is 11.6 Å². The van der Waals surface area contributed by atoms with Gasteiger partial charge >= 0.3 is 0 Å². The highest BCUT2D eigenvalue weighted by Crippen LogP contribution is 2.33. The van der Waals surface area contributed by atoms with Crippen LogP contribution in [0.15, 0.2) is 27.5 Å². The van der Waals surface area contributed by atoms with E-state index >= 15 is 0 Å². The van der Waals surface area contributed by atoms with Gasteiger partial charge in [0.25, 0.3) is 11.4 Å². The topological polar surface area (TPSA) is 108 Å². The van der Waals surface area contributed by atoms with Crippen LogP contribution < -0.4 is 5.56 Å². The van der Waals surface area contributed by atoms with Crippen LogP contribution in [0.2, 0.25) is 5.02 Å². The molecule has 0 radical (unpaired) electrons. The molecule has 1 aromatic carbocycles. The zero-order chi connectivity index (χ0) is 19.6. The number of benzene rings is 1. The molecule has 0 amide bonds. The van der Waals surface area contributed by atoms with Gasteiger partial charge in [0.15, 0.2) is 5.69 Å². The number of fused-ring (bicyclic) bond motifs is 2. The number of halogens is 2. The number of likely N-dealkylation sites (N-methyl/N-ethyl adjacent to an activating group) is 1. The molecule has 140 valence electrons. The number of nitrogens with zero attached hydrogens (tertiary/aromatic N) is 4. The standard InChI is InChI=1S/C11H5BrClN3O3.C5H14NO/c12-6-2-4-1-5-9(11(18)15-14-10(5)17)16(19)8(4)3-7(6)13;1-6(2,3)4-5-7/h1-3,18-19H;7H,4-5H2,1-3H3/q;+1. The minimum absolute atomic E-state index is 0.0664. The van der Waals surface area contributed by atoms with E-state index in [-0.39, 0.29) is 17.9 Å². The van der Waals surface area contributed by atoms with Crippen molar-refractivity contribution in [2.75, 3.05) is 34.3 Å². The zero-order valence-corrected chi connectivity index (χ0v) is 16.8. The second kappa shape index (κ2) is 7.75. The van der Waals surface area contributed by atoms with Crippen molar-refractivity contribution < 1.29 is 19.9 Å². The molecule has 3 rings (SSSR count). The number of aliphatic hydroxyl groups is 1. The molecule has 0 unspecified atom stereocenters. The maximum atomic E-state index is 11.6. The van der Waals surface area contributed by atoms with Gasteiger partial charge < -0.3 is 19.9 Å². The zero-order valence-electron chi connectivity index (χ0n) is 14.4. The predicted octanol–water partition coefficient (Wildman–Crippen LogP) is 1.94. The van der Waals surface area contributed by atoms with Gasteiger partial charge in [-0.2, -0.15) is 4.73 Å². The molecule has 0 spiro atoms. The Hall–Kier alpha value is -1.94. The summed E-state index contributed by atoms with van der Waals surface area (Å²) >= 11 is 9.22. The first-order chi connectivity index (χ1) is 12.0. The number of aromatic hydroxyl groups is 1. The Morgan fingerprint density at radius 2 is 1.88 bits per heavy atom. The van der Waals surface area contributed by atoms with Crippen molar-refractivity contribution in [3.63, 3.8) is 0 Å². The van der Waals surface area contributed by atoms with Crippen molar-refractivity contribution in [2.45, 2.75) is 0 Å². The summed E-state index contributed by atoms with van der Waals surface area (Å²) < 4.78 is 2.14. The number of aliphatic hydroxyl groups excluding tert-OH is 1. The van der Waals surface area contributed by atoms with Crippen molar-refractivity contribution in [2.24, 2.45) is 0 Å². The molecule has 10 heteroatoms. The lowest BCUT2D eigenvalue weighted by molar-refractivity contribution is -0.870. The predicted molar refractivity (Wildman–Crippen MR) is 102 cm³/mol. The largest absolute Gasteiger partial charge is 0.491 e. The SMILES string of the molecule is C[N+](C)(C)CCO.O=c1nnc(O)c2n(O)c3cc(Cl)c(Br)cc3cc1-2. The average molecular weight is 447 g/mol. The lowest BCUT2D eigenvalue weighted by Crippen LogP contribution is -2.36. The summed E-state index contributed by atoms with van der Waals surface area (Å²) in [4.78, 5) is 11.6. The molecule has 0 atom stereocenters. The summed E-state index contributed by atoms with van der Waals surface area (Å²) in [6.07, 6.45) is 0. The van der Waals surface area contributed by atoms with E-state index in [9.17, 15) is 15.1 Å². The number of hydrogen-bond donors (Lipinski definition) is 3. The molecule has 3 N–H and O–H groups in total. The van der Waals surface area contributed by atoms with Crippen LogP contribution in [0.1, 0.15) is 0 Å². The molecule has 0 aliphatic carbocycles. The molecule has 2 heterocycles. The van der Waals surface area contributed by atoms with E-state index in [2.05, 4.69) is 47.3 Å². The third kappa shape index (κ3) is 4.42. The van der Waals surface area contributed by atoms with E-state index in [1.165, 1.54) is 12.1 Å². The van der Waals surface area contributed by atoms with E-state index in [0.717, 1.165) is 11.0 Å². The summed E-state index contributed by atoms with van der Waals surface area (Å²) in [6, 6.07) is 4.67. The highest BCUT2D eigenvalue weighted by Gasteiger charge is 2.20. The molecule has 0 fully saturated rings. The molecule has 0 bridgehead atoms. The first-order valence-electron chi connectivity index (χ1n) is 7.56. The molecular weight excluding hydrogens is 428 g/mol. The third-order valence-electron chi connectivity index (χ3n) is 3.51. The fourth-order valence-corrected chi connectivity index (χ4v) is 2.70. The van der Waals surface area contributed by atoms with E-state index in [1.54, 1.807) is 6.07 Å². The fourth-order valence-electron chi connectivity index (χ4n) is 2.18. The van der Waals surface area contributed by atoms with Gasteiger partial charge in [0.05, 0.1) is 43.9 Å². The molecule has 26 heavy (non-hydrogen) atoms. The second-order valence-corrected chi connectivity index (χ2v) is 7.87. The summed E-state index contributed by atoms with van der Waals surface area (Å²) in [6.45, 7) is 1.11. The van der Waals surface area contributed by atoms with Crippen LogP contribution in [0.5, 0.6) is 5.88 Å². The smallest absolute Gasteiger partial charge is 0.298 e. The van der Waals surface area contributed by atoms with Crippen LogP contribution in [0.25, 0.3) is 22.2 Å². The quantitative estimate of drug-likeness (QED) is 0.315. The maximum absolute atomic E-state index is 11.6. The van der Waals surface area contributed by atoms with E-state index in [1.807, 2.05) is 0 Å². The Morgan fingerprint density at radius 3 is 2.42 bits per heavy atom. The number of hydrogen-bond acceptors (Lipinski definition) is 6. The lowest BCUT2D eigenvalue weighted by atomic mass is 10.1. The van der Waals surface area contributed by atoms with Gasteiger partial charge in [-0.3, -0.25) is 4.79 Å². The summed E-state index contributed by atoms with van der Waals surface area (Å²) in [5.74, 6) is -0.530. The van der Waals surface area contributed by atoms with Gasteiger partial charge in [-0.05, 0) is 34.1 Å². The number of pyridine rings is 1. The van der Waals surface area contributed by atoms with E-state index < -0.39 is 11.4 Å². The maximum Gasteiger partial charge on any atom is 0.298 e. The van der Waals surface area contributed by atoms with Crippen LogP contribution in [-0.4, -0.2) is 69.1 Å². The van der Waals surface area contributed by atoms with Crippen LogP contribution in [0, 0.1) is 0 Å². The molecule has 2 aliphatic heterocycles. The Labute approximate surface area is 162 Å². The second-order valence-electron chi connectivity index (χ2n) is 6.61. The summed E-state index contributed by atoms with van der Waals surface area (Å²) in [5, 5.41) is 35.6. The van der Waals surface area contributed by atoms with Crippen molar-refractivity contribution in [1.82, 2.24) is 14.9 Å². The minimum Gasteiger partial charge on any atom is -0.491 e. The highest BCUT2D eigenvalue weighted by atomic mass is 79.9. The molecule has 0 saturated carbocycles. The molecule has 0 saturated heterocycles. The van der Waals surface area contributed by atoms with Gasteiger partial charge in [0.1, 0.15) is 6.54 Å². The van der Waals surface area contributed by atoms with Crippen molar-refractivity contribution in [3.8, 4) is 17.1 Å². The van der Waals surface area contributed by atoms with Gasteiger partial charge in [-0.15, -0.1) is 10.2 Å². The van der Waals surface area contributed by atoms with Crippen LogP contribution in [-0.2, 0) is 0 Å². The highest BCUT2D eigenvalue weighted by molar-refractivity contribution is 9.10. The fraction of sp³-hybridized carbons (Fsp3) is 0.312. The third-order valence-corrected chi connectivity index (χ3v) is 4.71. The van der Waals surface area contributed by atoms with Crippen LogP contribution in [0.4, 0.5) is 0 Å². The van der Waals surface area contributed by atoms with Crippen molar-refractivity contribution in [3.05, 3.63) is 38.0 Å². The molecule has 8 nitrogen and oxygen atoms in total. The number of quaternary nitrogens is 1. The monoisotopic (exact) mass is 445 g/mol. The van der Waals surface area contributed by atoms with Crippen LogP contribution in [0.3, 0.4) is 0 Å². The van der Waals surface area contributed by atoms with E-state index in [4.69, 9.17) is 16.7 Å². The Morgan fingerprint density at radius 1 is 1.23 bits per heavy atom. The normalized spacial score (nSPS) is 11.5. The van der Waals surface area contributed by atoms with Gasteiger partial charge in [0.2, 0.25) is 0 Å². The molecular formula is C16H19BrClN4O4+. The summed E-state index contributed by atoms with van der Waals surface area (Å²) in [7, 11) is 6.16. The Bertz CT molecular complexity index is 971. The minimum atomic E-state index is -0.636. The first-order valence-corrected chi connectivity index (χ1v) is 8.73. The number of aromatic nitrogens is 3. The van der Waals surface area contributed by atoms with E-state index in [0.29, 0.717) is 25.1 Å². The molecule has 1 aromatic rings. The van der Waals surface area contributed by atoms with Crippen molar-refractivity contribution >= 4 is 38.4 Å². The number of rotatable bonds is 2. The molecule has 2 aliphatic rings. The Kier molecular flexibility index (Phi) is 6.07. The van der Waals surface area contributed by atoms with Gasteiger partial charge in [0, 0.05) is 9.86 Å². The van der Waals surface area contributed by atoms with Crippen LogP contribution >= 0.6 is 27.5 Å². The van der Waals surface area contributed by atoms with Crippen molar-refractivity contribution in [1.29, 1.82) is 0 Å². The Balaban J connectivity index is 0.000000298. The average Bonchev–Trinajstić information content (AvgIpc) is 2.52. The lowest BCUT2D eigenvalue weighted by Gasteiger charge is -2.21.